The van der Waals surface area contributed by atoms with Crippen LogP contribution in [0.1, 0.15) is 36.8 Å². The van der Waals surface area contributed by atoms with Crippen molar-refractivity contribution in [2.45, 2.75) is 26.2 Å². The van der Waals surface area contributed by atoms with E-state index >= 15 is 0 Å². The van der Waals surface area contributed by atoms with Crippen molar-refractivity contribution in [3.63, 3.8) is 0 Å². The Bertz CT molecular complexity index is 414. The first kappa shape index (κ1) is 13.0. The molecule has 0 spiro atoms. The van der Waals surface area contributed by atoms with Crippen LogP contribution in [0.15, 0.2) is 18.3 Å². The van der Waals surface area contributed by atoms with Crippen LogP contribution in [0.3, 0.4) is 0 Å². The van der Waals surface area contributed by atoms with Crippen LogP contribution in [0, 0.1) is 0 Å². The van der Waals surface area contributed by atoms with Crippen molar-refractivity contribution in [2.24, 2.45) is 0 Å². The molecular formula is C14H21N3O. The molecule has 0 bridgehead atoms. The van der Waals surface area contributed by atoms with Gasteiger partial charge in [-0.15, -0.1) is 0 Å². The predicted molar refractivity (Wildman–Crippen MR) is 71.7 cm³/mol. The maximum atomic E-state index is 12.2. The van der Waals surface area contributed by atoms with Crippen LogP contribution in [-0.4, -0.2) is 42.0 Å². The molecule has 98 valence electrons. The largest absolute Gasteiger partial charge is 0.336 e. The number of rotatable bonds is 1. The quantitative estimate of drug-likeness (QED) is 0.816. The minimum Gasteiger partial charge on any atom is -0.336 e. The molecule has 4 heteroatoms. The lowest BCUT2D eigenvalue weighted by Gasteiger charge is -2.27. The lowest BCUT2D eigenvalue weighted by atomic mass is 9.91. The van der Waals surface area contributed by atoms with Gasteiger partial charge >= 0.3 is 0 Å². The summed E-state index contributed by atoms with van der Waals surface area (Å²) in [4.78, 5) is 18.5. The van der Waals surface area contributed by atoms with Crippen LogP contribution in [0.5, 0.6) is 0 Å². The summed E-state index contributed by atoms with van der Waals surface area (Å²) >= 11 is 0. The van der Waals surface area contributed by atoms with Crippen molar-refractivity contribution in [1.29, 1.82) is 0 Å². The summed E-state index contributed by atoms with van der Waals surface area (Å²) < 4.78 is 0. The Kier molecular flexibility index (Phi) is 3.66. The molecule has 0 radical (unpaired) electrons. The van der Waals surface area contributed by atoms with Crippen LogP contribution < -0.4 is 5.32 Å². The van der Waals surface area contributed by atoms with E-state index in [-0.39, 0.29) is 11.3 Å². The van der Waals surface area contributed by atoms with Gasteiger partial charge in [0.15, 0.2) is 0 Å². The molecule has 1 N–H and O–H groups in total. The summed E-state index contributed by atoms with van der Waals surface area (Å²) in [6, 6.07) is 3.84. The van der Waals surface area contributed by atoms with Crippen molar-refractivity contribution < 1.29 is 4.79 Å². The molecule has 1 saturated heterocycles. The molecule has 2 heterocycles. The Balaban J connectivity index is 2.11. The van der Waals surface area contributed by atoms with Crippen LogP contribution in [-0.2, 0) is 5.41 Å². The van der Waals surface area contributed by atoms with Gasteiger partial charge in [-0.3, -0.25) is 9.78 Å². The molecule has 1 fully saturated rings. The topological polar surface area (TPSA) is 45.2 Å². The molecule has 0 saturated carbocycles. The number of piperazine rings is 1. The Hall–Kier alpha value is -1.42. The van der Waals surface area contributed by atoms with Crippen LogP contribution in [0.25, 0.3) is 0 Å². The van der Waals surface area contributed by atoms with Gasteiger partial charge in [-0.25, -0.2) is 0 Å². The molecule has 1 aromatic heterocycles. The molecule has 18 heavy (non-hydrogen) atoms. The number of carbonyl (C=O) groups is 1. The summed E-state index contributed by atoms with van der Waals surface area (Å²) in [6.07, 6.45) is 1.70. The highest BCUT2D eigenvalue weighted by Gasteiger charge is 2.20. The first-order valence-electron chi connectivity index (χ1n) is 6.45. The first-order valence-corrected chi connectivity index (χ1v) is 6.45. The van der Waals surface area contributed by atoms with E-state index in [1.807, 2.05) is 17.0 Å². The minimum atomic E-state index is 0.0244. The fourth-order valence-electron chi connectivity index (χ4n) is 2.01. The SMILES string of the molecule is CC(C)(C)c1ccc(C(=O)N2CCNCC2)cn1. The van der Waals surface area contributed by atoms with Gasteiger partial charge in [0, 0.05) is 43.5 Å². The lowest BCUT2D eigenvalue weighted by Crippen LogP contribution is -2.46. The zero-order valence-electron chi connectivity index (χ0n) is 11.4. The smallest absolute Gasteiger partial charge is 0.255 e. The van der Waals surface area contributed by atoms with E-state index in [1.165, 1.54) is 0 Å². The van der Waals surface area contributed by atoms with Gasteiger partial charge in [0.05, 0.1) is 5.56 Å². The number of hydrogen-bond donors (Lipinski definition) is 1. The third-order valence-electron chi connectivity index (χ3n) is 3.18. The minimum absolute atomic E-state index is 0.0244. The van der Waals surface area contributed by atoms with E-state index in [0.29, 0.717) is 5.56 Å². The fraction of sp³-hybridized carbons (Fsp3) is 0.571. The lowest BCUT2D eigenvalue weighted by molar-refractivity contribution is 0.0735. The van der Waals surface area contributed by atoms with Gasteiger partial charge in [0.1, 0.15) is 0 Å². The maximum absolute atomic E-state index is 12.2. The van der Waals surface area contributed by atoms with Crippen molar-refractivity contribution in [2.75, 3.05) is 26.2 Å². The van der Waals surface area contributed by atoms with Crippen LogP contribution in [0.4, 0.5) is 0 Å². The number of nitrogens with zero attached hydrogens (tertiary/aromatic N) is 2. The Morgan fingerprint density at radius 3 is 2.44 bits per heavy atom. The van der Waals surface area contributed by atoms with E-state index in [1.54, 1.807) is 6.20 Å². The molecule has 1 amide bonds. The normalized spacial score (nSPS) is 16.7. The van der Waals surface area contributed by atoms with E-state index in [0.717, 1.165) is 31.9 Å². The second-order valence-corrected chi connectivity index (χ2v) is 5.72. The molecule has 0 atom stereocenters. The Morgan fingerprint density at radius 2 is 1.94 bits per heavy atom. The maximum Gasteiger partial charge on any atom is 0.255 e. The molecule has 0 aromatic carbocycles. The zero-order valence-corrected chi connectivity index (χ0v) is 11.4. The van der Waals surface area contributed by atoms with E-state index < -0.39 is 0 Å². The van der Waals surface area contributed by atoms with E-state index in [2.05, 4.69) is 31.1 Å². The second kappa shape index (κ2) is 5.06. The number of aromatic nitrogens is 1. The number of hydrogen-bond acceptors (Lipinski definition) is 3. The zero-order chi connectivity index (χ0) is 13.2. The molecule has 1 aliphatic rings. The third kappa shape index (κ3) is 2.88. The standard InChI is InChI=1S/C14H21N3O/c1-14(2,3)12-5-4-11(10-16-12)13(18)17-8-6-15-7-9-17/h4-5,10,15H,6-9H2,1-3H3. The van der Waals surface area contributed by atoms with Crippen molar-refractivity contribution in [3.05, 3.63) is 29.6 Å². The Morgan fingerprint density at radius 1 is 1.28 bits per heavy atom. The highest BCUT2D eigenvalue weighted by molar-refractivity contribution is 5.94. The molecule has 1 aliphatic heterocycles. The third-order valence-corrected chi connectivity index (χ3v) is 3.18. The highest BCUT2D eigenvalue weighted by atomic mass is 16.2. The van der Waals surface area contributed by atoms with Gasteiger partial charge in [-0.2, -0.15) is 0 Å². The number of pyridine rings is 1. The molecular weight excluding hydrogens is 226 g/mol. The fourth-order valence-corrected chi connectivity index (χ4v) is 2.01. The van der Waals surface area contributed by atoms with Crippen molar-refractivity contribution in [1.82, 2.24) is 15.2 Å². The summed E-state index contributed by atoms with van der Waals surface area (Å²) in [5.41, 5.74) is 1.72. The number of carbonyl (C=O) groups excluding carboxylic acids is 1. The second-order valence-electron chi connectivity index (χ2n) is 5.72. The molecule has 4 nitrogen and oxygen atoms in total. The summed E-state index contributed by atoms with van der Waals surface area (Å²) in [7, 11) is 0. The number of nitrogens with one attached hydrogen (secondary N) is 1. The van der Waals surface area contributed by atoms with Crippen molar-refractivity contribution in [3.8, 4) is 0 Å². The number of amides is 1. The first-order chi connectivity index (χ1) is 8.48. The molecule has 1 aromatic rings. The summed E-state index contributed by atoms with van der Waals surface area (Å²) in [5.74, 6) is 0.0875. The van der Waals surface area contributed by atoms with Crippen LogP contribution >= 0.6 is 0 Å². The highest BCUT2D eigenvalue weighted by Crippen LogP contribution is 2.20. The summed E-state index contributed by atoms with van der Waals surface area (Å²) in [6.45, 7) is 9.66. The molecule has 0 unspecified atom stereocenters. The monoisotopic (exact) mass is 247 g/mol. The predicted octanol–water partition coefficient (Wildman–Crippen LogP) is 1.42. The average molecular weight is 247 g/mol. The Labute approximate surface area is 108 Å². The average Bonchev–Trinajstić information content (AvgIpc) is 2.38. The molecule has 0 aliphatic carbocycles. The van der Waals surface area contributed by atoms with Crippen LogP contribution in [0.2, 0.25) is 0 Å². The van der Waals surface area contributed by atoms with E-state index in [9.17, 15) is 4.79 Å². The van der Waals surface area contributed by atoms with Gasteiger partial charge in [0.2, 0.25) is 0 Å². The van der Waals surface area contributed by atoms with Gasteiger partial charge in [0.25, 0.3) is 5.91 Å². The van der Waals surface area contributed by atoms with Crippen molar-refractivity contribution >= 4 is 5.91 Å². The van der Waals surface area contributed by atoms with Gasteiger partial charge in [-0.1, -0.05) is 20.8 Å². The van der Waals surface area contributed by atoms with Gasteiger partial charge < -0.3 is 10.2 Å². The van der Waals surface area contributed by atoms with E-state index in [4.69, 9.17) is 0 Å². The van der Waals surface area contributed by atoms with Gasteiger partial charge in [-0.05, 0) is 12.1 Å². The molecule has 2 rings (SSSR count). The summed E-state index contributed by atoms with van der Waals surface area (Å²) in [5, 5.41) is 3.24.